The van der Waals surface area contributed by atoms with Crippen molar-refractivity contribution in [2.75, 3.05) is 19.0 Å². The average Bonchev–Trinajstić information content (AvgIpc) is 2.70. The minimum absolute atomic E-state index is 0.225. The van der Waals surface area contributed by atoms with E-state index in [2.05, 4.69) is 15.3 Å². The zero-order valence-corrected chi connectivity index (χ0v) is 9.28. The van der Waals surface area contributed by atoms with Crippen molar-refractivity contribution in [3.63, 3.8) is 0 Å². The van der Waals surface area contributed by atoms with Crippen LogP contribution >= 0.6 is 0 Å². The molecule has 17 heavy (non-hydrogen) atoms. The maximum atomic E-state index is 11.6. The van der Waals surface area contributed by atoms with Crippen LogP contribution in [0.4, 0.5) is 5.95 Å². The maximum Gasteiger partial charge on any atom is 0.354 e. The molecule has 8 nitrogen and oxygen atoms in total. The van der Waals surface area contributed by atoms with E-state index in [4.69, 9.17) is 9.84 Å². The van der Waals surface area contributed by atoms with Crippen LogP contribution in [-0.4, -0.2) is 50.6 Å². The molecule has 0 aliphatic carbocycles. The molecule has 3 N–H and O–H groups in total. The summed E-state index contributed by atoms with van der Waals surface area (Å²) in [5, 5.41) is 21.1. The highest BCUT2D eigenvalue weighted by molar-refractivity contribution is 5.18. The number of aliphatic hydroxyl groups is 2. The molecule has 0 aromatic carbocycles. The molecule has 2 rings (SSSR count). The Hall–Kier alpha value is -1.51. The molecule has 0 bridgehead atoms. The van der Waals surface area contributed by atoms with Gasteiger partial charge in [0, 0.05) is 13.5 Å². The molecule has 1 fully saturated rings. The number of hydrogen-bond donors (Lipinski definition) is 3. The van der Waals surface area contributed by atoms with Gasteiger partial charge in [0.05, 0.1) is 12.7 Å². The zero-order chi connectivity index (χ0) is 12.4. The van der Waals surface area contributed by atoms with Gasteiger partial charge in [-0.15, -0.1) is 0 Å². The summed E-state index contributed by atoms with van der Waals surface area (Å²) in [6.45, 7) is -0.290. The first-order chi connectivity index (χ1) is 8.15. The van der Waals surface area contributed by atoms with E-state index in [-0.39, 0.29) is 19.0 Å². The number of rotatable bonds is 3. The van der Waals surface area contributed by atoms with Crippen LogP contribution in [0.2, 0.25) is 0 Å². The fraction of sp³-hybridized carbons (Fsp3) is 0.667. The summed E-state index contributed by atoms with van der Waals surface area (Å²) < 4.78 is 6.52. The van der Waals surface area contributed by atoms with Crippen molar-refractivity contribution >= 4 is 5.95 Å². The molecule has 1 aromatic heterocycles. The first-order valence-electron chi connectivity index (χ1n) is 5.23. The van der Waals surface area contributed by atoms with E-state index in [9.17, 15) is 9.90 Å². The molecule has 1 saturated heterocycles. The molecule has 0 spiro atoms. The van der Waals surface area contributed by atoms with E-state index >= 15 is 0 Å². The van der Waals surface area contributed by atoms with E-state index in [0.29, 0.717) is 0 Å². The molecule has 1 aliphatic heterocycles. The highest BCUT2D eigenvalue weighted by atomic mass is 16.5. The van der Waals surface area contributed by atoms with Crippen LogP contribution in [0.1, 0.15) is 12.6 Å². The van der Waals surface area contributed by atoms with Gasteiger partial charge >= 0.3 is 5.69 Å². The molecule has 3 atom stereocenters. The Balaban J connectivity index is 2.22. The molecule has 0 amide bonds. The van der Waals surface area contributed by atoms with Gasteiger partial charge in [-0.25, -0.2) is 9.78 Å². The lowest BCUT2D eigenvalue weighted by molar-refractivity contribution is -0.0462. The lowest BCUT2D eigenvalue weighted by atomic mass is 10.2. The predicted molar refractivity (Wildman–Crippen MR) is 57.5 cm³/mol. The molecule has 1 aromatic rings. The summed E-state index contributed by atoms with van der Waals surface area (Å²) in [7, 11) is 1.61. The van der Waals surface area contributed by atoms with Crippen molar-refractivity contribution in [1.82, 2.24) is 14.5 Å². The minimum atomic E-state index is -0.791. The van der Waals surface area contributed by atoms with E-state index < -0.39 is 24.1 Å². The van der Waals surface area contributed by atoms with Gasteiger partial charge in [-0.2, -0.15) is 4.98 Å². The van der Waals surface area contributed by atoms with E-state index in [0.717, 1.165) is 0 Å². The zero-order valence-electron chi connectivity index (χ0n) is 9.28. The van der Waals surface area contributed by atoms with Gasteiger partial charge in [-0.3, -0.25) is 4.57 Å². The Labute approximate surface area is 96.9 Å². The third kappa shape index (κ3) is 2.28. The van der Waals surface area contributed by atoms with Crippen LogP contribution < -0.4 is 11.0 Å². The first kappa shape index (κ1) is 12.0. The highest BCUT2D eigenvalue weighted by Crippen LogP contribution is 2.26. The van der Waals surface area contributed by atoms with Crippen molar-refractivity contribution in [3.05, 3.63) is 16.8 Å². The van der Waals surface area contributed by atoms with Gasteiger partial charge in [-0.05, 0) is 0 Å². The fourth-order valence-electron chi connectivity index (χ4n) is 1.71. The number of anilines is 1. The van der Waals surface area contributed by atoms with Crippen molar-refractivity contribution in [3.8, 4) is 0 Å². The highest BCUT2D eigenvalue weighted by Gasteiger charge is 2.35. The molecular weight excluding hydrogens is 228 g/mol. The molecule has 1 aliphatic rings. The standard InChI is InChI=1S/C9H14N4O4/c1-10-8-11-4-13(9(16)12-8)7-2-5(15)6(3-14)17-7/h4-7,14-15H,2-3H2,1H3,(H,10,12,16)/t5-,6+,7+/m0/s1. The molecule has 8 heteroatoms. The van der Waals surface area contributed by atoms with Crippen molar-refractivity contribution in [2.24, 2.45) is 0 Å². The Bertz CT molecular complexity index is 449. The van der Waals surface area contributed by atoms with Gasteiger partial charge in [-0.1, -0.05) is 0 Å². The summed E-state index contributed by atoms with van der Waals surface area (Å²) >= 11 is 0. The van der Waals surface area contributed by atoms with E-state index in [1.165, 1.54) is 10.9 Å². The number of ether oxygens (including phenoxy) is 1. The van der Waals surface area contributed by atoms with Crippen LogP contribution in [0.15, 0.2) is 11.1 Å². The maximum absolute atomic E-state index is 11.6. The summed E-state index contributed by atoms with van der Waals surface area (Å²) in [6, 6.07) is 0. The van der Waals surface area contributed by atoms with Gasteiger partial charge < -0.3 is 20.3 Å². The number of aliphatic hydroxyl groups excluding tert-OH is 2. The first-order valence-corrected chi connectivity index (χ1v) is 5.23. The Kier molecular flexibility index (Phi) is 3.36. The topological polar surface area (TPSA) is 110 Å². The molecule has 0 unspecified atom stereocenters. The number of nitrogens with one attached hydrogen (secondary N) is 1. The van der Waals surface area contributed by atoms with Crippen molar-refractivity contribution < 1.29 is 14.9 Å². The second-order valence-electron chi connectivity index (χ2n) is 3.73. The van der Waals surface area contributed by atoms with Gasteiger partial charge in [0.25, 0.3) is 0 Å². The second-order valence-corrected chi connectivity index (χ2v) is 3.73. The number of aromatic nitrogens is 3. The van der Waals surface area contributed by atoms with Crippen LogP contribution in [0.5, 0.6) is 0 Å². The summed E-state index contributed by atoms with van der Waals surface area (Å²) in [5.74, 6) is 0.225. The lowest BCUT2D eigenvalue weighted by Crippen LogP contribution is -2.28. The van der Waals surface area contributed by atoms with Crippen LogP contribution in [0.3, 0.4) is 0 Å². The molecule has 2 heterocycles. The Morgan fingerprint density at radius 2 is 2.47 bits per heavy atom. The van der Waals surface area contributed by atoms with Gasteiger partial charge in [0.15, 0.2) is 0 Å². The normalized spacial score (nSPS) is 28.3. The van der Waals surface area contributed by atoms with E-state index in [1.54, 1.807) is 7.05 Å². The van der Waals surface area contributed by atoms with Gasteiger partial charge in [0.1, 0.15) is 18.7 Å². The summed E-state index contributed by atoms with van der Waals surface area (Å²) in [6.07, 6.45) is -0.566. The third-order valence-corrected chi connectivity index (χ3v) is 2.64. The summed E-state index contributed by atoms with van der Waals surface area (Å²) in [4.78, 5) is 19.2. The van der Waals surface area contributed by atoms with Gasteiger partial charge in [0.2, 0.25) is 5.95 Å². The fourth-order valence-corrected chi connectivity index (χ4v) is 1.71. The number of hydrogen-bond acceptors (Lipinski definition) is 7. The minimum Gasteiger partial charge on any atom is -0.394 e. The Morgan fingerprint density at radius 1 is 1.71 bits per heavy atom. The van der Waals surface area contributed by atoms with Crippen molar-refractivity contribution in [1.29, 1.82) is 0 Å². The monoisotopic (exact) mass is 242 g/mol. The molecule has 94 valence electrons. The average molecular weight is 242 g/mol. The van der Waals surface area contributed by atoms with Crippen LogP contribution in [0, 0.1) is 0 Å². The van der Waals surface area contributed by atoms with Crippen LogP contribution in [0.25, 0.3) is 0 Å². The SMILES string of the molecule is CNc1ncn([C@H]2C[C@H](O)[C@@H](CO)O2)c(=O)n1. The lowest BCUT2D eigenvalue weighted by Gasteiger charge is -2.13. The summed E-state index contributed by atoms with van der Waals surface area (Å²) in [5.41, 5.74) is -0.514. The quantitative estimate of drug-likeness (QED) is 0.580. The smallest absolute Gasteiger partial charge is 0.354 e. The number of nitrogens with zero attached hydrogens (tertiary/aromatic N) is 3. The molecule has 0 saturated carbocycles. The van der Waals surface area contributed by atoms with Crippen LogP contribution in [-0.2, 0) is 4.74 Å². The second kappa shape index (κ2) is 4.78. The molecular formula is C9H14N4O4. The third-order valence-electron chi connectivity index (χ3n) is 2.64. The molecule has 0 radical (unpaired) electrons. The van der Waals surface area contributed by atoms with Crippen molar-refractivity contribution in [2.45, 2.75) is 24.9 Å². The predicted octanol–water partition coefficient (Wildman–Crippen LogP) is -1.68. The van der Waals surface area contributed by atoms with E-state index in [1.807, 2.05) is 0 Å². The largest absolute Gasteiger partial charge is 0.394 e. The Morgan fingerprint density at radius 3 is 3.00 bits per heavy atom.